The monoisotopic (exact) mass is 496 g/mol. The molecule has 0 N–H and O–H groups in total. The van der Waals surface area contributed by atoms with Crippen LogP contribution in [0.4, 0.5) is 4.39 Å². The highest BCUT2D eigenvalue weighted by Crippen LogP contribution is 2.40. The van der Waals surface area contributed by atoms with Crippen molar-refractivity contribution < 1.29 is 28.1 Å². The van der Waals surface area contributed by atoms with Crippen molar-refractivity contribution >= 4 is 27.8 Å². The maximum atomic E-state index is 13.2. The first kappa shape index (κ1) is 20.7. The third-order valence-corrected chi connectivity index (χ3v) is 5.80. The van der Waals surface area contributed by atoms with Gasteiger partial charge in [0.15, 0.2) is 12.6 Å². The largest absolute Gasteiger partial charge is 0.488 e. The molecular weight excluding hydrogens is 479 g/mol. The van der Waals surface area contributed by atoms with Gasteiger partial charge in [-0.15, -0.1) is 0 Å². The summed E-state index contributed by atoms with van der Waals surface area (Å²) in [6, 6.07) is 13.3. The van der Waals surface area contributed by atoms with Gasteiger partial charge in [-0.1, -0.05) is 28.1 Å². The fourth-order valence-electron chi connectivity index (χ4n) is 3.75. The van der Waals surface area contributed by atoms with Crippen LogP contribution >= 0.6 is 15.9 Å². The Hall–Kier alpha value is -3.16. The van der Waals surface area contributed by atoms with Gasteiger partial charge in [-0.2, -0.15) is 0 Å². The van der Waals surface area contributed by atoms with Crippen LogP contribution in [0, 0.1) is 12.7 Å². The number of hydrogen-bond donors (Lipinski definition) is 0. The first-order valence-electron chi connectivity index (χ1n) is 9.97. The Balaban J connectivity index is 1.39. The molecule has 0 saturated carbocycles. The Kier molecular flexibility index (Phi) is 5.45. The fourth-order valence-corrected chi connectivity index (χ4v) is 4.31. The van der Waals surface area contributed by atoms with E-state index in [9.17, 15) is 9.18 Å². The molecule has 0 saturated heterocycles. The van der Waals surface area contributed by atoms with Gasteiger partial charge >= 0.3 is 0 Å². The second-order valence-corrected chi connectivity index (χ2v) is 8.42. The van der Waals surface area contributed by atoms with E-state index < -0.39 is 0 Å². The number of Topliss-reactive ketones (excluding diaryl/α,β-unsaturated/α-hetero) is 1. The molecule has 7 heteroatoms. The molecule has 2 aliphatic heterocycles. The van der Waals surface area contributed by atoms with Gasteiger partial charge < -0.3 is 18.9 Å². The standard InChI is InChI=1S/C25H18BrFO5/c1-14-21(30-12-17-10-18(26)9-16-11-29-13-31-25(16)17)7-6-20-23(28)22(32-24(14)20)8-15-2-4-19(27)5-3-15/h2-10H,11-13H2,1H3/b22-8-. The number of benzene rings is 3. The van der Waals surface area contributed by atoms with Gasteiger partial charge in [-0.05, 0) is 55.0 Å². The van der Waals surface area contributed by atoms with E-state index in [0.29, 0.717) is 29.2 Å². The minimum Gasteiger partial charge on any atom is -0.488 e. The maximum Gasteiger partial charge on any atom is 0.231 e. The predicted molar refractivity (Wildman–Crippen MR) is 119 cm³/mol. The Morgan fingerprint density at radius 3 is 2.75 bits per heavy atom. The molecule has 0 amide bonds. The molecule has 162 valence electrons. The highest BCUT2D eigenvalue weighted by molar-refractivity contribution is 9.10. The van der Waals surface area contributed by atoms with E-state index in [1.807, 2.05) is 19.1 Å². The Labute approximate surface area is 192 Å². The van der Waals surface area contributed by atoms with Crippen molar-refractivity contribution in [2.45, 2.75) is 20.1 Å². The van der Waals surface area contributed by atoms with Crippen LogP contribution in [-0.2, 0) is 18.0 Å². The van der Waals surface area contributed by atoms with Gasteiger partial charge in [0, 0.05) is 21.2 Å². The number of carbonyl (C=O) groups is 1. The number of rotatable bonds is 4. The molecule has 32 heavy (non-hydrogen) atoms. The number of carbonyl (C=O) groups excluding carboxylic acids is 1. The van der Waals surface area contributed by atoms with Gasteiger partial charge in [0.25, 0.3) is 0 Å². The number of hydrogen-bond acceptors (Lipinski definition) is 5. The summed E-state index contributed by atoms with van der Waals surface area (Å²) in [6.07, 6.45) is 1.61. The fraction of sp³-hybridized carbons (Fsp3) is 0.160. The highest BCUT2D eigenvalue weighted by atomic mass is 79.9. The van der Waals surface area contributed by atoms with E-state index in [0.717, 1.165) is 26.9 Å². The molecule has 2 heterocycles. The quantitative estimate of drug-likeness (QED) is 0.417. The molecule has 0 radical (unpaired) electrons. The second-order valence-electron chi connectivity index (χ2n) is 7.51. The second kappa shape index (κ2) is 8.41. The van der Waals surface area contributed by atoms with E-state index in [1.165, 1.54) is 12.1 Å². The minimum atomic E-state index is -0.337. The van der Waals surface area contributed by atoms with Crippen LogP contribution in [0.1, 0.15) is 32.6 Å². The van der Waals surface area contributed by atoms with Gasteiger partial charge in [0.2, 0.25) is 5.78 Å². The zero-order chi connectivity index (χ0) is 22.2. The van der Waals surface area contributed by atoms with E-state index in [1.54, 1.807) is 30.3 Å². The molecule has 0 bridgehead atoms. The number of ketones is 1. The van der Waals surface area contributed by atoms with Gasteiger partial charge in [-0.3, -0.25) is 4.79 Å². The zero-order valence-electron chi connectivity index (χ0n) is 17.1. The molecular formula is C25H18BrFO5. The summed E-state index contributed by atoms with van der Waals surface area (Å²) in [7, 11) is 0. The summed E-state index contributed by atoms with van der Waals surface area (Å²) in [6.45, 7) is 2.83. The van der Waals surface area contributed by atoms with Crippen LogP contribution in [0.15, 0.2) is 58.8 Å². The van der Waals surface area contributed by atoms with Crippen LogP contribution in [0.25, 0.3) is 6.08 Å². The van der Waals surface area contributed by atoms with Crippen LogP contribution in [0.2, 0.25) is 0 Å². The molecule has 0 spiro atoms. The summed E-state index contributed by atoms with van der Waals surface area (Å²) in [5.41, 5.74) is 3.74. The molecule has 0 fully saturated rings. The zero-order valence-corrected chi connectivity index (χ0v) is 18.7. The van der Waals surface area contributed by atoms with Crippen LogP contribution in [0.5, 0.6) is 17.2 Å². The Bertz CT molecular complexity index is 1250. The van der Waals surface area contributed by atoms with Crippen molar-refractivity contribution in [3.05, 3.63) is 92.4 Å². The molecule has 0 aliphatic carbocycles. The molecule has 3 aromatic carbocycles. The van der Waals surface area contributed by atoms with Crippen molar-refractivity contribution in [1.82, 2.24) is 0 Å². The molecule has 5 nitrogen and oxygen atoms in total. The van der Waals surface area contributed by atoms with E-state index in [2.05, 4.69) is 15.9 Å². The SMILES string of the molecule is Cc1c(OCc2cc(Br)cc3c2OCOC3)ccc2c1O/C(=C\c1ccc(F)cc1)C2=O. The number of fused-ring (bicyclic) bond motifs is 2. The number of ether oxygens (including phenoxy) is 4. The summed E-state index contributed by atoms with van der Waals surface area (Å²) >= 11 is 3.52. The first-order chi connectivity index (χ1) is 15.5. The topological polar surface area (TPSA) is 54.0 Å². The number of allylic oxidation sites excluding steroid dienone is 1. The smallest absolute Gasteiger partial charge is 0.231 e. The predicted octanol–water partition coefficient (Wildman–Crippen LogP) is 5.96. The molecule has 5 rings (SSSR count). The maximum absolute atomic E-state index is 13.2. The lowest BCUT2D eigenvalue weighted by Crippen LogP contribution is -2.14. The molecule has 2 aliphatic rings. The lowest BCUT2D eigenvalue weighted by Gasteiger charge is -2.21. The average Bonchev–Trinajstić information content (AvgIpc) is 3.10. The van der Waals surface area contributed by atoms with Crippen molar-refractivity contribution in [1.29, 1.82) is 0 Å². The lowest BCUT2D eigenvalue weighted by atomic mass is 10.1. The average molecular weight is 497 g/mol. The summed E-state index contributed by atoms with van der Waals surface area (Å²) in [5.74, 6) is 1.50. The van der Waals surface area contributed by atoms with Crippen molar-refractivity contribution in [3.8, 4) is 17.2 Å². The third-order valence-electron chi connectivity index (χ3n) is 5.34. The number of halogens is 2. The van der Waals surface area contributed by atoms with Gasteiger partial charge in [0.1, 0.15) is 29.7 Å². The normalized spacial score (nSPS) is 15.7. The van der Waals surface area contributed by atoms with E-state index >= 15 is 0 Å². The minimum absolute atomic E-state index is 0.196. The highest BCUT2D eigenvalue weighted by Gasteiger charge is 2.30. The Morgan fingerprint density at radius 1 is 1.12 bits per heavy atom. The van der Waals surface area contributed by atoms with Crippen molar-refractivity contribution in [2.24, 2.45) is 0 Å². The van der Waals surface area contributed by atoms with Crippen molar-refractivity contribution in [3.63, 3.8) is 0 Å². The van der Waals surface area contributed by atoms with Crippen LogP contribution < -0.4 is 14.2 Å². The third kappa shape index (κ3) is 3.89. The molecule has 0 aromatic heterocycles. The molecule has 0 atom stereocenters. The Morgan fingerprint density at radius 2 is 1.94 bits per heavy atom. The van der Waals surface area contributed by atoms with E-state index in [-0.39, 0.29) is 30.8 Å². The molecule has 3 aromatic rings. The van der Waals surface area contributed by atoms with Gasteiger partial charge in [0.05, 0.1) is 12.2 Å². The summed E-state index contributed by atoms with van der Waals surface area (Å²) in [5, 5.41) is 0. The van der Waals surface area contributed by atoms with Crippen LogP contribution in [-0.4, -0.2) is 12.6 Å². The molecule has 0 unspecified atom stereocenters. The van der Waals surface area contributed by atoms with Crippen LogP contribution in [0.3, 0.4) is 0 Å². The van der Waals surface area contributed by atoms with E-state index in [4.69, 9.17) is 18.9 Å². The summed E-state index contributed by atoms with van der Waals surface area (Å²) in [4.78, 5) is 12.8. The first-order valence-corrected chi connectivity index (χ1v) is 10.8. The summed E-state index contributed by atoms with van der Waals surface area (Å²) < 4.78 is 37.0. The van der Waals surface area contributed by atoms with Gasteiger partial charge in [-0.25, -0.2) is 4.39 Å². The lowest BCUT2D eigenvalue weighted by molar-refractivity contribution is -0.0176. The van der Waals surface area contributed by atoms with Crippen molar-refractivity contribution in [2.75, 3.05) is 6.79 Å².